The van der Waals surface area contributed by atoms with Crippen LogP contribution in [-0.2, 0) is 6.42 Å². The molecule has 0 radical (unpaired) electrons. The van der Waals surface area contributed by atoms with Gasteiger partial charge >= 0.3 is 0 Å². The number of nitrogens with one attached hydrogen (secondary N) is 1. The molecule has 0 unspecified atom stereocenters. The number of rotatable bonds is 4. The van der Waals surface area contributed by atoms with Crippen LogP contribution in [-0.4, -0.2) is 60.6 Å². The minimum absolute atomic E-state index is 0.799. The molecule has 7 heteroatoms. The third-order valence-corrected chi connectivity index (χ3v) is 3.86. The van der Waals surface area contributed by atoms with Gasteiger partial charge < -0.3 is 19.5 Å². The highest BCUT2D eigenvalue weighted by Crippen LogP contribution is 2.09. The predicted octanol–water partition coefficient (Wildman–Crippen LogP) is 1.01. The topological polar surface area (TPSA) is 69.8 Å². The lowest BCUT2D eigenvalue weighted by molar-refractivity contribution is 0.369. The fraction of sp³-hybridized carbons (Fsp3) is 0.438. The number of guanidine groups is 1. The third kappa shape index (κ3) is 4.00. The van der Waals surface area contributed by atoms with Gasteiger partial charge in [-0.15, -0.1) is 0 Å². The minimum atomic E-state index is 0.799. The van der Waals surface area contributed by atoms with E-state index in [9.17, 15) is 0 Å². The molecule has 0 aliphatic carbocycles. The zero-order chi connectivity index (χ0) is 15.9. The largest absolute Gasteiger partial charge is 0.469 e. The van der Waals surface area contributed by atoms with Crippen molar-refractivity contribution in [3.63, 3.8) is 0 Å². The molecule has 0 bridgehead atoms. The Morgan fingerprint density at radius 3 is 2.65 bits per heavy atom. The summed E-state index contributed by atoms with van der Waals surface area (Å²) in [5, 5.41) is 3.40. The Hall–Kier alpha value is -2.57. The number of aromatic nitrogens is 2. The normalized spacial score (nSPS) is 15.8. The fourth-order valence-corrected chi connectivity index (χ4v) is 2.66. The van der Waals surface area contributed by atoms with E-state index in [2.05, 4.69) is 30.1 Å². The van der Waals surface area contributed by atoms with Gasteiger partial charge in [-0.1, -0.05) is 0 Å². The van der Waals surface area contributed by atoms with Gasteiger partial charge in [-0.2, -0.15) is 0 Å². The van der Waals surface area contributed by atoms with Crippen LogP contribution >= 0.6 is 0 Å². The first-order valence-corrected chi connectivity index (χ1v) is 7.87. The molecule has 0 saturated carbocycles. The van der Waals surface area contributed by atoms with Crippen LogP contribution in [0.5, 0.6) is 0 Å². The van der Waals surface area contributed by atoms with Gasteiger partial charge in [0.15, 0.2) is 5.96 Å². The van der Waals surface area contributed by atoms with Crippen molar-refractivity contribution in [1.82, 2.24) is 20.2 Å². The van der Waals surface area contributed by atoms with Gasteiger partial charge in [0, 0.05) is 58.6 Å². The van der Waals surface area contributed by atoms with Crippen molar-refractivity contribution >= 4 is 11.9 Å². The van der Waals surface area contributed by atoms with E-state index >= 15 is 0 Å². The molecule has 0 atom stereocenters. The lowest BCUT2D eigenvalue weighted by Gasteiger charge is -2.36. The molecular weight excluding hydrogens is 292 g/mol. The van der Waals surface area contributed by atoms with Gasteiger partial charge in [0.25, 0.3) is 0 Å². The molecule has 7 nitrogen and oxygen atoms in total. The highest BCUT2D eigenvalue weighted by molar-refractivity contribution is 5.80. The third-order valence-electron chi connectivity index (χ3n) is 3.86. The van der Waals surface area contributed by atoms with Crippen molar-refractivity contribution in [1.29, 1.82) is 0 Å². The molecule has 1 aliphatic heterocycles. The first kappa shape index (κ1) is 15.3. The Morgan fingerprint density at radius 2 is 2.00 bits per heavy atom. The molecule has 2 aromatic rings. The van der Waals surface area contributed by atoms with Crippen LogP contribution in [0.3, 0.4) is 0 Å². The number of hydrogen-bond acceptors (Lipinski definition) is 5. The van der Waals surface area contributed by atoms with Crippen molar-refractivity contribution in [2.45, 2.75) is 6.42 Å². The van der Waals surface area contributed by atoms with Crippen LogP contribution in [0.15, 0.2) is 46.3 Å². The molecule has 3 heterocycles. The van der Waals surface area contributed by atoms with Crippen LogP contribution in [0, 0.1) is 0 Å². The number of piperazine rings is 1. The molecule has 0 amide bonds. The Labute approximate surface area is 136 Å². The van der Waals surface area contributed by atoms with E-state index in [4.69, 9.17) is 4.42 Å². The molecule has 1 saturated heterocycles. The molecule has 3 rings (SSSR count). The van der Waals surface area contributed by atoms with E-state index < -0.39 is 0 Å². The second-order valence-electron chi connectivity index (χ2n) is 5.33. The zero-order valence-corrected chi connectivity index (χ0v) is 13.4. The second kappa shape index (κ2) is 7.62. The van der Waals surface area contributed by atoms with Gasteiger partial charge in [-0.3, -0.25) is 4.99 Å². The number of furan rings is 1. The Balaban J connectivity index is 1.47. The highest BCUT2D eigenvalue weighted by Gasteiger charge is 2.20. The summed E-state index contributed by atoms with van der Waals surface area (Å²) in [5.41, 5.74) is 0. The number of anilines is 1. The summed E-state index contributed by atoms with van der Waals surface area (Å²) in [6.45, 7) is 4.39. The van der Waals surface area contributed by atoms with Crippen molar-refractivity contribution in [3.8, 4) is 0 Å². The molecule has 0 spiro atoms. The number of aliphatic imine (C=N–C) groups is 1. The molecular formula is C16H22N6O. The maximum Gasteiger partial charge on any atom is 0.225 e. The monoisotopic (exact) mass is 314 g/mol. The second-order valence-corrected chi connectivity index (χ2v) is 5.33. The highest BCUT2D eigenvalue weighted by atomic mass is 16.3. The summed E-state index contributed by atoms with van der Waals surface area (Å²) < 4.78 is 5.34. The lowest BCUT2D eigenvalue weighted by atomic mass is 10.3. The van der Waals surface area contributed by atoms with E-state index in [1.807, 2.05) is 25.2 Å². The summed E-state index contributed by atoms with van der Waals surface area (Å²) >= 11 is 0. The van der Waals surface area contributed by atoms with Gasteiger partial charge in [0.2, 0.25) is 5.95 Å². The standard InChI is InChI=1S/C16H22N6O/c1-17-15(20-8-5-14-4-2-13-23-14)21-9-11-22(12-10-21)16-18-6-3-7-19-16/h2-4,6-7,13H,5,8-12H2,1H3,(H,17,20). The van der Waals surface area contributed by atoms with Crippen LogP contribution in [0.25, 0.3) is 0 Å². The summed E-state index contributed by atoms with van der Waals surface area (Å²) in [6.07, 6.45) is 6.12. The Kier molecular flexibility index (Phi) is 5.08. The van der Waals surface area contributed by atoms with Gasteiger partial charge in [0.1, 0.15) is 5.76 Å². The average molecular weight is 314 g/mol. The van der Waals surface area contributed by atoms with E-state index in [1.165, 1.54) is 0 Å². The van der Waals surface area contributed by atoms with E-state index in [0.717, 1.165) is 56.8 Å². The SMILES string of the molecule is CN=C(NCCc1ccco1)N1CCN(c2ncccn2)CC1. The first-order valence-electron chi connectivity index (χ1n) is 7.87. The zero-order valence-electron chi connectivity index (χ0n) is 13.4. The summed E-state index contributed by atoms with van der Waals surface area (Å²) in [4.78, 5) is 17.5. The quantitative estimate of drug-likeness (QED) is 0.671. The Morgan fingerprint density at radius 1 is 1.22 bits per heavy atom. The van der Waals surface area contributed by atoms with E-state index in [-0.39, 0.29) is 0 Å². The van der Waals surface area contributed by atoms with Gasteiger partial charge in [0.05, 0.1) is 6.26 Å². The lowest BCUT2D eigenvalue weighted by Crippen LogP contribution is -2.53. The van der Waals surface area contributed by atoms with Crippen LogP contribution in [0.4, 0.5) is 5.95 Å². The van der Waals surface area contributed by atoms with Crippen LogP contribution in [0.1, 0.15) is 5.76 Å². The van der Waals surface area contributed by atoms with Crippen LogP contribution < -0.4 is 10.2 Å². The van der Waals surface area contributed by atoms with E-state index in [0.29, 0.717) is 0 Å². The number of hydrogen-bond donors (Lipinski definition) is 1. The van der Waals surface area contributed by atoms with E-state index in [1.54, 1.807) is 18.7 Å². The summed E-state index contributed by atoms with van der Waals surface area (Å²) in [6, 6.07) is 5.74. The molecule has 23 heavy (non-hydrogen) atoms. The van der Waals surface area contributed by atoms with Gasteiger partial charge in [-0.05, 0) is 18.2 Å². The smallest absolute Gasteiger partial charge is 0.225 e. The first-order chi connectivity index (χ1) is 11.4. The number of nitrogens with zero attached hydrogens (tertiary/aromatic N) is 5. The summed E-state index contributed by atoms with van der Waals surface area (Å²) in [7, 11) is 1.82. The molecule has 1 fully saturated rings. The predicted molar refractivity (Wildman–Crippen MR) is 89.6 cm³/mol. The maximum absolute atomic E-state index is 5.34. The maximum atomic E-state index is 5.34. The molecule has 122 valence electrons. The van der Waals surface area contributed by atoms with Crippen molar-refractivity contribution in [3.05, 3.63) is 42.6 Å². The molecule has 1 aliphatic rings. The van der Waals surface area contributed by atoms with Crippen molar-refractivity contribution in [2.75, 3.05) is 44.7 Å². The van der Waals surface area contributed by atoms with Crippen LogP contribution in [0.2, 0.25) is 0 Å². The summed E-state index contributed by atoms with van der Waals surface area (Å²) in [5.74, 6) is 2.72. The minimum Gasteiger partial charge on any atom is -0.469 e. The average Bonchev–Trinajstić information content (AvgIpc) is 3.13. The molecule has 0 aromatic carbocycles. The van der Waals surface area contributed by atoms with Crippen molar-refractivity contribution in [2.24, 2.45) is 4.99 Å². The Bertz CT molecular complexity index is 605. The fourth-order valence-electron chi connectivity index (χ4n) is 2.66. The molecule has 1 N–H and O–H groups in total. The van der Waals surface area contributed by atoms with Gasteiger partial charge in [-0.25, -0.2) is 9.97 Å². The van der Waals surface area contributed by atoms with Crippen molar-refractivity contribution < 1.29 is 4.42 Å². The molecule has 2 aromatic heterocycles.